The number of rotatable bonds is 9. The zero-order valence-corrected chi connectivity index (χ0v) is 18.9. The molecular weight excluding hydrogens is 444 g/mol. The van der Waals surface area contributed by atoms with Gasteiger partial charge < -0.3 is 19.5 Å². The van der Waals surface area contributed by atoms with Crippen molar-refractivity contribution >= 4 is 47.0 Å². The first-order valence-electron chi connectivity index (χ1n) is 9.39. The van der Waals surface area contributed by atoms with Gasteiger partial charge in [0.1, 0.15) is 0 Å². The first-order valence-corrected chi connectivity index (χ1v) is 11.0. The minimum atomic E-state index is -0.793. The maximum atomic E-state index is 12.2. The summed E-state index contributed by atoms with van der Waals surface area (Å²) in [5.74, 6) is -0.544. The van der Waals surface area contributed by atoms with Crippen molar-refractivity contribution in [2.24, 2.45) is 0 Å². The van der Waals surface area contributed by atoms with E-state index in [1.807, 2.05) is 20.1 Å². The molecular formula is C21H23ClN2O6S. The van der Waals surface area contributed by atoms with Crippen molar-refractivity contribution in [3.05, 3.63) is 47.0 Å². The fourth-order valence-electron chi connectivity index (χ4n) is 2.45. The first-order chi connectivity index (χ1) is 14.9. The van der Waals surface area contributed by atoms with E-state index in [-0.39, 0.29) is 10.6 Å². The topological polar surface area (TPSA) is 103 Å². The van der Waals surface area contributed by atoms with Crippen molar-refractivity contribution in [2.75, 3.05) is 31.4 Å². The standard InChI is InChI=1S/C21H23ClN2O6S/c1-4-28-17-9-6-13(10-18(17)29-5-2)23-21(27)24-19(25)12-30-20(26)15-11-14(31-3)7-8-16(15)22/h6-11H,4-5,12H2,1-3H3,(H2,23,24,25,27). The van der Waals surface area contributed by atoms with Gasteiger partial charge in [0.25, 0.3) is 5.91 Å². The van der Waals surface area contributed by atoms with Crippen LogP contribution >= 0.6 is 23.4 Å². The van der Waals surface area contributed by atoms with Crippen LogP contribution in [0.5, 0.6) is 11.5 Å². The fourth-order valence-corrected chi connectivity index (χ4v) is 3.09. The highest BCUT2D eigenvalue weighted by molar-refractivity contribution is 7.98. The molecule has 0 fully saturated rings. The summed E-state index contributed by atoms with van der Waals surface area (Å²) in [6, 6.07) is 8.97. The van der Waals surface area contributed by atoms with E-state index in [0.29, 0.717) is 30.4 Å². The van der Waals surface area contributed by atoms with Crippen LogP contribution in [-0.4, -0.2) is 44.0 Å². The molecule has 0 heterocycles. The molecule has 0 aliphatic heterocycles. The fraction of sp³-hybridized carbons (Fsp3) is 0.286. The molecule has 0 spiro atoms. The Morgan fingerprint density at radius 1 is 1.00 bits per heavy atom. The number of urea groups is 1. The number of hydrogen-bond donors (Lipinski definition) is 2. The highest BCUT2D eigenvalue weighted by Crippen LogP contribution is 2.30. The van der Waals surface area contributed by atoms with Gasteiger partial charge in [-0.3, -0.25) is 10.1 Å². The van der Waals surface area contributed by atoms with Crippen LogP contribution in [0.1, 0.15) is 24.2 Å². The predicted molar refractivity (Wildman–Crippen MR) is 119 cm³/mol. The molecule has 166 valence electrons. The summed E-state index contributed by atoms with van der Waals surface area (Å²) in [6.07, 6.45) is 1.85. The summed E-state index contributed by atoms with van der Waals surface area (Å²) >= 11 is 7.44. The zero-order chi connectivity index (χ0) is 22.8. The number of halogens is 1. The van der Waals surface area contributed by atoms with Gasteiger partial charge in [0, 0.05) is 16.6 Å². The lowest BCUT2D eigenvalue weighted by Gasteiger charge is -2.13. The van der Waals surface area contributed by atoms with E-state index in [1.165, 1.54) is 11.8 Å². The lowest BCUT2D eigenvalue weighted by atomic mass is 10.2. The smallest absolute Gasteiger partial charge is 0.340 e. The van der Waals surface area contributed by atoms with Crippen molar-refractivity contribution in [1.29, 1.82) is 0 Å². The summed E-state index contributed by atoms with van der Waals surface area (Å²) < 4.78 is 15.9. The van der Waals surface area contributed by atoms with Gasteiger partial charge in [-0.2, -0.15) is 0 Å². The molecule has 2 rings (SSSR count). The maximum absolute atomic E-state index is 12.2. The second kappa shape index (κ2) is 12.1. The molecule has 0 bridgehead atoms. The number of ether oxygens (including phenoxy) is 3. The van der Waals surface area contributed by atoms with Gasteiger partial charge >= 0.3 is 12.0 Å². The number of anilines is 1. The molecule has 0 aromatic heterocycles. The van der Waals surface area contributed by atoms with Gasteiger partial charge in [-0.05, 0) is 50.4 Å². The van der Waals surface area contributed by atoms with E-state index in [1.54, 1.807) is 36.4 Å². The average molecular weight is 467 g/mol. The molecule has 31 heavy (non-hydrogen) atoms. The largest absolute Gasteiger partial charge is 0.490 e. The number of esters is 1. The third-order valence-electron chi connectivity index (χ3n) is 3.78. The highest BCUT2D eigenvalue weighted by atomic mass is 35.5. The quantitative estimate of drug-likeness (QED) is 0.418. The van der Waals surface area contributed by atoms with Crippen LogP contribution in [0, 0.1) is 0 Å². The van der Waals surface area contributed by atoms with E-state index < -0.39 is 24.5 Å². The second-order valence-corrected chi connectivity index (χ2v) is 7.24. The van der Waals surface area contributed by atoms with E-state index in [2.05, 4.69) is 10.6 Å². The number of nitrogens with one attached hydrogen (secondary N) is 2. The van der Waals surface area contributed by atoms with Gasteiger partial charge in [-0.15, -0.1) is 11.8 Å². The van der Waals surface area contributed by atoms with Crippen molar-refractivity contribution in [3.8, 4) is 11.5 Å². The van der Waals surface area contributed by atoms with Gasteiger partial charge in [-0.25, -0.2) is 9.59 Å². The molecule has 0 saturated carbocycles. The Kier molecular flexibility index (Phi) is 9.48. The average Bonchev–Trinajstić information content (AvgIpc) is 2.74. The molecule has 10 heteroatoms. The lowest BCUT2D eigenvalue weighted by molar-refractivity contribution is -0.123. The van der Waals surface area contributed by atoms with Gasteiger partial charge in [0.05, 0.1) is 23.8 Å². The van der Waals surface area contributed by atoms with Crippen LogP contribution in [-0.2, 0) is 9.53 Å². The third kappa shape index (κ3) is 7.37. The van der Waals surface area contributed by atoms with Crippen molar-refractivity contribution in [3.63, 3.8) is 0 Å². The number of hydrogen-bond acceptors (Lipinski definition) is 7. The number of amides is 3. The van der Waals surface area contributed by atoms with Gasteiger partial charge in [0.2, 0.25) is 0 Å². The minimum absolute atomic E-state index is 0.142. The number of carbonyl (C=O) groups is 3. The monoisotopic (exact) mass is 466 g/mol. The molecule has 2 N–H and O–H groups in total. The van der Waals surface area contributed by atoms with Crippen molar-refractivity contribution in [2.45, 2.75) is 18.7 Å². The van der Waals surface area contributed by atoms with Crippen LogP contribution in [0.2, 0.25) is 5.02 Å². The Labute approximate surface area is 189 Å². The Morgan fingerprint density at radius 3 is 2.39 bits per heavy atom. The molecule has 3 amide bonds. The predicted octanol–water partition coefficient (Wildman–Crippen LogP) is 4.36. The normalized spacial score (nSPS) is 10.2. The maximum Gasteiger partial charge on any atom is 0.340 e. The summed E-state index contributed by atoms with van der Waals surface area (Å²) in [5.41, 5.74) is 0.540. The minimum Gasteiger partial charge on any atom is -0.490 e. The summed E-state index contributed by atoms with van der Waals surface area (Å²) in [7, 11) is 0. The Balaban J connectivity index is 1.90. The first kappa shape index (κ1) is 24.4. The van der Waals surface area contributed by atoms with E-state index in [9.17, 15) is 14.4 Å². The van der Waals surface area contributed by atoms with Crippen LogP contribution in [0.15, 0.2) is 41.3 Å². The molecule has 0 radical (unpaired) electrons. The van der Waals surface area contributed by atoms with E-state index in [4.69, 9.17) is 25.8 Å². The SMILES string of the molecule is CCOc1ccc(NC(=O)NC(=O)COC(=O)c2cc(SC)ccc2Cl)cc1OCC. The molecule has 8 nitrogen and oxygen atoms in total. The molecule has 0 aliphatic carbocycles. The molecule has 2 aromatic carbocycles. The van der Waals surface area contributed by atoms with Crippen molar-refractivity contribution in [1.82, 2.24) is 5.32 Å². The van der Waals surface area contributed by atoms with E-state index >= 15 is 0 Å². The van der Waals surface area contributed by atoms with Crippen LogP contribution < -0.4 is 20.1 Å². The Hall–Kier alpha value is -2.91. The molecule has 0 aliphatic rings. The number of carbonyl (C=O) groups excluding carboxylic acids is 3. The number of thioether (sulfide) groups is 1. The number of imide groups is 1. The molecule has 0 atom stereocenters. The third-order valence-corrected chi connectivity index (χ3v) is 4.84. The van der Waals surface area contributed by atoms with E-state index in [0.717, 1.165) is 4.90 Å². The summed E-state index contributed by atoms with van der Waals surface area (Å²) in [5, 5.41) is 4.81. The molecule has 2 aromatic rings. The van der Waals surface area contributed by atoms with Crippen molar-refractivity contribution < 1.29 is 28.6 Å². The zero-order valence-electron chi connectivity index (χ0n) is 17.3. The van der Waals surface area contributed by atoms with Gasteiger partial charge in [-0.1, -0.05) is 11.6 Å². The molecule has 0 unspecified atom stereocenters. The van der Waals surface area contributed by atoms with Gasteiger partial charge in [0.15, 0.2) is 18.1 Å². The van der Waals surface area contributed by atoms with Crippen LogP contribution in [0.25, 0.3) is 0 Å². The highest BCUT2D eigenvalue weighted by Gasteiger charge is 2.16. The Bertz CT molecular complexity index is 953. The molecule has 0 saturated heterocycles. The lowest BCUT2D eigenvalue weighted by Crippen LogP contribution is -2.37. The van der Waals surface area contributed by atoms with Crippen LogP contribution in [0.3, 0.4) is 0 Å². The van der Waals surface area contributed by atoms with Crippen LogP contribution in [0.4, 0.5) is 10.5 Å². The summed E-state index contributed by atoms with van der Waals surface area (Å²) in [6.45, 7) is 3.92. The number of benzene rings is 2. The Morgan fingerprint density at radius 2 is 1.71 bits per heavy atom. The summed E-state index contributed by atoms with van der Waals surface area (Å²) in [4.78, 5) is 37.0. The second-order valence-electron chi connectivity index (χ2n) is 5.95.